The van der Waals surface area contributed by atoms with E-state index in [0.29, 0.717) is 0 Å². The highest BCUT2D eigenvalue weighted by Gasteiger charge is 1.88. The van der Waals surface area contributed by atoms with Gasteiger partial charge in [0.2, 0.25) is 0 Å². The zero-order valence-corrected chi connectivity index (χ0v) is 6.33. The number of hydrogen-bond donors (Lipinski definition) is 0. The van der Waals surface area contributed by atoms with E-state index in [1.165, 1.54) is 5.92 Å². The van der Waals surface area contributed by atoms with Crippen LogP contribution in [0, 0.1) is 24.7 Å². The third-order valence-electron chi connectivity index (χ3n) is 1.000. The van der Waals surface area contributed by atoms with E-state index < -0.39 is 0 Å². The van der Waals surface area contributed by atoms with Crippen molar-refractivity contribution in [3.05, 3.63) is 12.8 Å². The minimum Gasteiger partial charge on any atom is -0.103 e. The third kappa shape index (κ3) is 7.56. The van der Waals surface area contributed by atoms with Gasteiger partial charge in [-0.1, -0.05) is 13.8 Å². The van der Waals surface area contributed by atoms with E-state index in [9.17, 15) is 0 Å². The molecule has 0 saturated carbocycles. The van der Waals surface area contributed by atoms with E-state index in [0.717, 1.165) is 19.3 Å². The van der Waals surface area contributed by atoms with Crippen molar-refractivity contribution in [2.24, 2.45) is 0 Å². The van der Waals surface area contributed by atoms with Crippen LogP contribution in [0.5, 0.6) is 0 Å². The van der Waals surface area contributed by atoms with E-state index in [4.69, 9.17) is 0 Å². The predicted molar refractivity (Wildman–Crippen MR) is 41.6 cm³/mol. The molecule has 0 spiro atoms. The number of rotatable bonds is 2. The predicted octanol–water partition coefficient (Wildman–Crippen LogP) is 2.61. The summed E-state index contributed by atoms with van der Waals surface area (Å²) in [5, 5.41) is 0. The minimum absolute atomic E-state index is 0.739. The summed E-state index contributed by atoms with van der Waals surface area (Å²) in [4.78, 5) is 0. The van der Waals surface area contributed by atoms with Crippen LogP contribution >= 0.6 is 0 Å². The highest BCUT2D eigenvalue weighted by Crippen LogP contribution is 2.03. The van der Waals surface area contributed by atoms with Crippen LogP contribution in [0.3, 0.4) is 0 Å². The van der Waals surface area contributed by atoms with Gasteiger partial charge in [-0.3, -0.25) is 0 Å². The Bertz CT molecular complexity index is 101. The molecule has 0 atom stereocenters. The lowest BCUT2D eigenvalue weighted by molar-refractivity contribution is 0.865. The first-order valence-electron chi connectivity index (χ1n) is 3.31. The first-order chi connectivity index (χ1) is 4.27. The largest absolute Gasteiger partial charge is 0.103 e. The molecule has 0 fully saturated rings. The van der Waals surface area contributed by atoms with Crippen LogP contribution in [0.4, 0.5) is 0 Å². The van der Waals surface area contributed by atoms with Crippen molar-refractivity contribution in [3.63, 3.8) is 0 Å². The van der Waals surface area contributed by atoms with Crippen LogP contribution in [0.1, 0.15) is 33.1 Å². The maximum atomic E-state index is 3.62. The molecule has 0 bridgehead atoms. The molecular weight excluding hydrogens is 108 g/mol. The smallest absolute Gasteiger partial charge is 0.00939 e. The molecule has 0 aromatic heterocycles. The summed E-state index contributed by atoms with van der Waals surface area (Å²) in [6.07, 6.45) is 2.87. The molecule has 0 nitrogen and oxygen atoms in total. The van der Waals surface area contributed by atoms with E-state index in [-0.39, 0.29) is 0 Å². The second-order valence-corrected chi connectivity index (χ2v) is 2.31. The second kappa shape index (κ2) is 5.69. The van der Waals surface area contributed by atoms with Gasteiger partial charge >= 0.3 is 0 Å². The Morgan fingerprint density at radius 3 is 2.44 bits per heavy atom. The Kier molecular flexibility index (Phi) is 5.41. The van der Waals surface area contributed by atoms with Crippen LogP contribution in [0.2, 0.25) is 0 Å². The van der Waals surface area contributed by atoms with Crippen LogP contribution in [-0.2, 0) is 0 Å². The molecule has 0 aromatic rings. The summed E-state index contributed by atoms with van der Waals surface area (Å²) >= 11 is 0. The molecule has 0 aliphatic heterocycles. The fraction of sp³-hybridized carbons (Fsp3) is 0.556. The SMILES string of the molecule is [CH2]CC#CCC[C](C)C. The molecule has 0 heterocycles. The molecule has 0 unspecified atom stereocenters. The van der Waals surface area contributed by atoms with Gasteiger partial charge in [0.25, 0.3) is 0 Å². The van der Waals surface area contributed by atoms with Crippen molar-refractivity contribution in [1.82, 2.24) is 0 Å². The lowest BCUT2D eigenvalue weighted by Crippen LogP contribution is -1.80. The first-order valence-corrected chi connectivity index (χ1v) is 3.31. The molecule has 0 rings (SSSR count). The molecule has 0 amide bonds. The van der Waals surface area contributed by atoms with Gasteiger partial charge in [0.15, 0.2) is 0 Å². The van der Waals surface area contributed by atoms with Gasteiger partial charge in [0.1, 0.15) is 0 Å². The van der Waals surface area contributed by atoms with Gasteiger partial charge in [0.05, 0.1) is 0 Å². The highest BCUT2D eigenvalue weighted by molar-refractivity contribution is 5.00. The Morgan fingerprint density at radius 1 is 1.33 bits per heavy atom. The average molecular weight is 122 g/mol. The van der Waals surface area contributed by atoms with Crippen LogP contribution < -0.4 is 0 Å². The van der Waals surface area contributed by atoms with Crippen molar-refractivity contribution >= 4 is 0 Å². The maximum Gasteiger partial charge on any atom is 0.00939 e. The summed E-state index contributed by atoms with van der Waals surface area (Å²) in [7, 11) is 0. The summed E-state index contributed by atoms with van der Waals surface area (Å²) in [5.74, 6) is 7.41. The fourth-order valence-corrected chi connectivity index (χ4v) is 0.489. The fourth-order valence-electron chi connectivity index (χ4n) is 0.489. The first kappa shape index (κ1) is 8.56. The third-order valence-corrected chi connectivity index (χ3v) is 1.000. The summed E-state index contributed by atoms with van der Waals surface area (Å²) < 4.78 is 0. The van der Waals surface area contributed by atoms with Gasteiger partial charge in [-0.15, -0.1) is 11.8 Å². The summed E-state index contributed by atoms with van der Waals surface area (Å²) in [6.45, 7) is 7.88. The summed E-state index contributed by atoms with van der Waals surface area (Å²) in [5.41, 5.74) is 0. The second-order valence-electron chi connectivity index (χ2n) is 2.31. The molecule has 50 valence electrons. The van der Waals surface area contributed by atoms with Crippen LogP contribution in [0.15, 0.2) is 0 Å². The van der Waals surface area contributed by atoms with Crippen molar-refractivity contribution in [2.45, 2.75) is 33.1 Å². The Hall–Kier alpha value is -0.440. The highest BCUT2D eigenvalue weighted by atomic mass is 13.9. The normalized spacial score (nSPS) is 8.89. The maximum absolute atomic E-state index is 3.62. The van der Waals surface area contributed by atoms with Gasteiger partial charge in [-0.2, -0.15) is 0 Å². The van der Waals surface area contributed by atoms with E-state index in [2.05, 4.69) is 32.6 Å². The molecule has 2 radical (unpaired) electrons. The standard InChI is InChI=1S/C9H14/c1-4-5-6-7-8-9(2)3/h1,4,7-8H2,2-3H3. The molecular formula is C9H14. The molecule has 9 heavy (non-hydrogen) atoms. The Morgan fingerprint density at radius 2 is 2.00 bits per heavy atom. The van der Waals surface area contributed by atoms with E-state index in [1.54, 1.807) is 0 Å². The van der Waals surface area contributed by atoms with Crippen molar-refractivity contribution in [1.29, 1.82) is 0 Å². The molecule has 0 aromatic carbocycles. The van der Waals surface area contributed by atoms with Gasteiger partial charge < -0.3 is 0 Å². The Balaban J connectivity index is 3.09. The average Bonchev–Trinajstić information content (AvgIpc) is 1.80. The van der Waals surface area contributed by atoms with Crippen LogP contribution in [0.25, 0.3) is 0 Å². The number of hydrogen-bond acceptors (Lipinski definition) is 0. The van der Waals surface area contributed by atoms with Gasteiger partial charge in [-0.05, 0) is 19.3 Å². The zero-order valence-electron chi connectivity index (χ0n) is 6.33. The molecule has 0 heteroatoms. The topological polar surface area (TPSA) is 0 Å². The zero-order chi connectivity index (χ0) is 7.11. The van der Waals surface area contributed by atoms with Crippen molar-refractivity contribution in [3.8, 4) is 11.8 Å². The molecule has 0 aliphatic carbocycles. The molecule has 0 N–H and O–H groups in total. The van der Waals surface area contributed by atoms with Gasteiger partial charge in [-0.25, -0.2) is 0 Å². The molecule has 0 saturated heterocycles. The monoisotopic (exact) mass is 122 g/mol. The lowest BCUT2D eigenvalue weighted by atomic mass is 10.1. The quantitative estimate of drug-likeness (QED) is 0.494. The minimum atomic E-state index is 0.739. The Labute approximate surface area is 58.7 Å². The van der Waals surface area contributed by atoms with Gasteiger partial charge in [0, 0.05) is 12.8 Å². The van der Waals surface area contributed by atoms with E-state index in [1.807, 2.05) is 0 Å². The van der Waals surface area contributed by atoms with Crippen molar-refractivity contribution in [2.75, 3.05) is 0 Å². The van der Waals surface area contributed by atoms with E-state index >= 15 is 0 Å². The lowest BCUT2D eigenvalue weighted by Gasteiger charge is -1.95. The van der Waals surface area contributed by atoms with Crippen molar-refractivity contribution < 1.29 is 0 Å². The summed E-state index contributed by atoms with van der Waals surface area (Å²) in [6, 6.07) is 0. The molecule has 0 aliphatic rings. The van der Waals surface area contributed by atoms with Crippen LogP contribution in [-0.4, -0.2) is 0 Å².